The largest absolute Gasteiger partial charge is 0.457 e. The number of amidine groups is 1. The summed E-state index contributed by atoms with van der Waals surface area (Å²) in [4.78, 5) is 20.5. The van der Waals surface area contributed by atoms with Crippen LogP contribution in [0.25, 0.3) is 0 Å². The Hall–Kier alpha value is -3.36. The van der Waals surface area contributed by atoms with Crippen LogP contribution >= 0.6 is 24.0 Å². The minimum Gasteiger partial charge on any atom is -0.457 e. The van der Waals surface area contributed by atoms with E-state index in [0.29, 0.717) is 12.3 Å². The number of benzene rings is 3. The molecule has 1 unspecified atom stereocenters. The van der Waals surface area contributed by atoms with Gasteiger partial charge in [-0.15, -0.1) is 0 Å². The normalized spacial score (nSPS) is 16.2. The SMILES string of the molecule is O=C(NC(=S)Nc1cccc(Oc2ccccc2)c1)C1CN2C(=N1)Sc1ccccc12. The number of amides is 1. The van der Waals surface area contributed by atoms with Crippen LogP contribution < -0.4 is 20.3 Å². The van der Waals surface area contributed by atoms with Crippen molar-refractivity contribution in [3.8, 4) is 11.5 Å². The van der Waals surface area contributed by atoms with Gasteiger partial charge in [-0.05, 0) is 60.4 Å². The first-order chi connectivity index (χ1) is 15.2. The molecule has 2 aliphatic heterocycles. The van der Waals surface area contributed by atoms with E-state index in [0.717, 1.165) is 27.2 Å². The molecule has 0 bridgehead atoms. The van der Waals surface area contributed by atoms with E-state index in [9.17, 15) is 4.79 Å². The number of anilines is 2. The second-order valence-corrected chi connectivity index (χ2v) is 8.41. The molecule has 0 aliphatic carbocycles. The molecule has 8 heteroatoms. The van der Waals surface area contributed by atoms with Gasteiger partial charge < -0.3 is 20.3 Å². The molecule has 6 nitrogen and oxygen atoms in total. The fraction of sp³-hybridized carbons (Fsp3) is 0.0870. The number of thioether (sulfide) groups is 1. The van der Waals surface area contributed by atoms with E-state index in [4.69, 9.17) is 17.0 Å². The van der Waals surface area contributed by atoms with Gasteiger partial charge in [0.1, 0.15) is 17.5 Å². The Morgan fingerprint density at radius 1 is 1.03 bits per heavy atom. The van der Waals surface area contributed by atoms with E-state index in [1.165, 1.54) is 0 Å². The fourth-order valence-electron chi connectivity index (χ4n) is 3.40. The molecule has 2 heterocycles. The molecule has 0 radical (unpaired) electrons. The van der Waals surface area contributed by atoms with Crippen LogP contribution in [0.15, 0.2) is 88.8 Å². The Bertz CT molecular complexity index is 1180. The van der Waals surface area contributed by atoms with Gasteiger partial charge in [-0.1, -0.05) is 36.4 Å². The number of rotatable bonds is 4. The maximum atomic E-state index is 12.7. The lowest BCUT2D eigenvalue weighted by Crippen LogP contribution is -2.42. The Balaban J connectivity index is 1.19. The highest BCUT2D eigenvalue weighted by atomic mass is 32.2. The van der Waals surface area contributed by atoms with E-state index >= 15 is 0 Å². The van der Waals surface area contributed by atoms with Gasteiger partial charge >= 0.3 is 0 Å². The molecule has 0 fully saturated rings. The smallest absolute Gasteiger partial charge is 0.252 e. The Morgan fingerprint density at radius 3 is 2.68 bits per heavy atom. The van der Waals surface area contributed by atoms with E-state index in [1.807, 2.05) is 72.8 Å². The topological polar surface area (TPSA) is 66.0 Å². The number of ether oxygens (including phenoxy) is 1. The zero-order valence-electron chi connectivity index (χ0n) is 16.3. The van der Waals surface area contributed by atoms with Gasteiger partial charge in [0, 0.05) is 16.6 Å². The minimum absolute atomic E-state index is 0.224. The van der Waals surface area contributed by atoms with Crippen LogP contribution in [0.4, 0.5) is 11.4 Å². The highest BCUT2D eigenvalue weighted by Crippen LogP contribution is 2.42. The number of fused-ring (bicyclic) bond motifs is 3. The highest BCUT2D eigenvalue weighted by molar-refractivity contribution is 8.14. The van der Waals surface area contributed by atoms with Crippen molar-refractivity contribution in [2.24, 2.45) is 4.99 Å². The van der Waals surface area contributed by atoms with Crippen molar-refractivity contribution in [2.45, 2.75) is 10.9 Å². The van der Waals surface area contributed by atoms with Crippen LogP contribution in [0.1, 0.15) is 0 Å². The fourth-order valence-corrected chi connectivity index (χ4v) is 4.71. The van der Waals surface area contributed by atoms with Gasteiger partial charge in [-0.2, -0.15) is 0 Å². The Morgan fingerprint density at radius 2 is 1.81 bits per heavy atom. The van der Waals surface area contributed by atoms with Crippen LogP contribution in [-0.2, 0) is 4.79 Å². The Labute approximate surface area is 189 Å². The van der Waals surface area contributed by atoms with Crippen LogP contribution in [0, 0.1) is 0 Å². The number of carbonyl (C=O) groups excluding carboxylic acids is 1. The summed E-state index contributed by atoms with van der Waals surface area (Å²) in [6, 6.07) is 24.5. The predicted octanol–water partition coefficient (Wildman–Crippen LogP) is 4.64. The first kappa shape index (κ1) is 19.6. The standard InChI is InChI=1S/C23H18N4O2S2/c28-21(18-14-27-19-11-4-5-12-20(19)31-23(27)25-18)26-22(30)24-15-7-6-10-17(13-15)29-16-8-2-1-3-9-16/h1-13,18H,14H2,(H2,24,26,28,30). The summed E-state index contributed by atoms with van der Waals surface area (Å²) in [6.07, 6.45) is 0. The van der Waals surface area contributed by atoms with Crippen molar-refractivity contribution in [1.29, 1.82) is 0 Å². The number of carbonyl (C=O) groups is 1. The molecule has 154 valence electrons. The van der Waals surface area contributed by atoms with E-state index in [-0.39, 0.29) is 11.0 Å². The number of hydrogen-bond donors (Lipinski definition) is 2. The van der Waals surface area contributed by atoms with Crippen molar-refractivity contribution < 1.29 is 9.53 Å². The average molecular weight is 447 g/mol. The van der Waals surface area contributed by atoms with Crippen molar-refractivity contribution in [2.75, 3.05) is 16.8 Å². The molecule has 0 spiro atoms. The van der Waals surface area contributed by atoms with Crippen LogP contribution in [0.3, 0.4) is 0 Å². The van der Waals surface area contributed by atoms with Crippen LogP contribution in [-0.4, -0.2) is 28.8 Å². The number of para-hydroxylation sites is 2. The van der Waals surface area contributed by atoms with Crippen molar-refractivity contribution in [3.05, 3.63) is 78.9 Å². The maximum Gasteiger partial charge on any atom is 0.252 e. The quantitative estimate of drug-likeness (QED) is 0.569. The first-order valence-corrected chi connectivity index (χ1v) is 11.0. The van der Waals surface area contributed by atoms with Gasteiger partial charge in [0.05, 0.1) is 12.2 Å². The predicted molar refractivity (Wildman–Crippen MR) is 128 cm³/mol. The van der Waals surface area contributed by atoms with Gasteiger partial charge in [0.15, 0.2) is 10.3 Å². The Kier molecular flexibility index (Phi) is 5.31. The van der Waals surface area contributed by atoms with Crippen molar-refractivity contribution >= 4 is 51.5 Å². The first-order valence-electron chi connectivity index (χ1n) is 9.73. The minimum atomic E-state index is -0.497. The zero-order chi connectivity index (χ0) is 21.2. The monoisotopic (exact) mass is 446 g/mol. The molecule has 5 rings (SSSR count). The van der Waals surface area contributed by atoms with Gasteiger partial charge in [-0.25, -0.2) is 4.99 Å². The second-order valence-electron chi connectivity index (χ2n) is 6.99. The molecule has 0 saturated carbocycles. The van der Waals surface area contributed by atoms with Gasteiger partial charge in [-0.3, -0.25) is 4.79 Å². The number of hydrogen-bond acceptors (Lipinski definition) is 6. The third kappa shape index (κ3) is 4.26. The number of aliphatic imine (C=N–C) groups is 1. The molecule has 31 heavy (non-hydrogen) atoms. The zero-order valence-corrected chi connectivity index (χ0v) is 18.0. The van der Waals surface area contributed by atoms with Gasteiger partial charge in [0.2, 0.25) is 0 Å². The van der Waals surface area contributed by atoms with E-state index in [2.05, 4.69) is 26.6 Å². The molecular formula is C23H18N4O2S2. The maximum absolute atomic E-state index is 12.7. The molecule has 3 aromatic carbocycles. The lowest BCUT2D eigenvalue weighted by Gasteiger charge is -2.15. The average Bonchev–Trinajstić information content (AvgIpc) is 3.33. The molecule has 2 N–H and O–H groups in total. The summed E-state index contributed by atoms with van der Waals surface area (Å²) in [5, 5.41) is 6.87. The number of nitrogens with zero attached hydrogens (tertiary/aromatic N) is 2. The lowest BCUT2D eigenvalue weighted by molar-refractivity contribution is -0.120. The molecule has 1 amide bonds. The lowest BCUT2D eigenvalue weighted by atomic mass is 10.2. The van der Waals surface area contributed by atoms with Crippen LogP contribution in [0.5, 0.6) is 11.5 Å². The summed E-state index contributed by atoms with van der Waals surface area (Å²) in [5.74, 6) is 1.19. The third-order valence-electron chi connectivity index (χ3n) is 4.82. The van der Waals surface area contributed by atoms with E-state index in [1.54, 1.807) is 11.8 Å². The van der Waals surface area contributed by atoms with Crippen molar-refractivity contribution in [3.63, 3.8) is 0 Å². The molecular weight excluding hydrogens is 428 g/mol. The second kappa shape index (κ2) is 8.41. The molecule has 0 saturated heterocycles. The molecule has 2 aliphatic rings. The van der Waals surface area contributed by atoms with Gasteiger partial charge in [0.25, 0.3) is 5.91 Å². The summed E-state index contributed by atoms with van der Waals surface area (Å²) < 4.78 is 5.84. The number of thiocarbonyl (C=S) groups is 1. The molecule has 1 atom stereocenters. The van der Waals surface area contributed by atoms with Crippen molar-refractivity contribution in [1.82, 2.24) is 5.32 Å². The van der Waals surface area contributed by atoms with E-state index < -0.39 is 6.04 Å². The van der Waals surface area contributed by atoms with Crippen LogP contribution in [0.2, 0.25) is 0 Å². The highest BCUT2D eigenvalue weighted by Gasteiger charge is 2.37. The molecule has 3 aromatic rings. The third-order valence-corrected chi connectivity index (χ3v) is 6.10. The molecule has 0 aromatic heterocycles. The summed E-state index contributed by atoms with van der Waals surface area (Å²) in [6.45, 7) is 0.508. The number of nitrogens with one attached hydrogen (secondary N) is 2. The summed E-state index contributed by atoms with van der Waals surface area (Å²) in [7, 11) is 0. The summed E-state index contributed by atoms with van der Waals surface area (Å²) >= 11 is 6.92. The summed E-state index contributed by atoms with van der Waals surface area (Å²) in [5.41, 5.74) is 1.82.